The molecule has 78 valence electrons. The number of pyridine rings is 1. The van der Waals surface area contributed by atoms with Crippen molar-refractivity contribution in [2.45, 2.75) is 19.4 Å². The molecule has 0 saturated carbocycles. The lowest BCUT2D eigenvalue weighted by Gasteiger charge is -2.10. The molecule has 0 aromatic carbocycles. The van der Waals surface area contributed by atoms with Gasteiger partial charge in [-0.1, -0.05) is 6.92 Å². The predicted octanol–water partition coefficient (Wildman–Crippen LogP) is 0.429. The molecule has 0 saturated heterocycles. The number of hydrogen-bond donors (Lipinski definition) is 4. The van der Waals surface area contributed by atoms with Crippen molar-refractivity contribution in [3.05, 3.63) is 12.1 Å². The Hall–Kier alpha value is -1.49. The number of nitrogens with zero attached hydrogens (tertiary/aromatic N) is 1. The van der Waals surface area contributed by atoms with E-state index in [1.165, 1.54) is 0 Å². The maximum atomic E-state index is 9.30. The number of aliphatic hydroxyl groups excluding tert-OH is 1. The van der Waals surface area contributed by atoms with Crippen molar-refractivity contribution in [2.24, 2.45) is 0 Å². The van der Waals surface area contributed by atoms with Crippen LogP contribution in [-0.2, 0) is 0 Å². The highest BCUT2D eigenvalue weighted by Gasteiger charge is 2.02. The van der Waals surface area contributed by atoms with Gasteiger partial charge in [0.05, 0.1) is 11.8 Å². The van der Waals surface area contributed by atoms with Gasteiger partial charge >= 0.3 is 0 Å². The minimum absolute atomic E-state index is 0.306. The zero-order chi connectivity index (χ0) is 10.6. The fourth-order valence-corrected chi connectivity index (χ4v) is 0.951. The zero-order valence-electron chi connectivity index (χ0n) is 8.20. The molecule has 0 radical (unpaired) electrons. The Kier molecular flexibility index (Phi) is 3.53. The van der Waals surface area contributed by atoms with E-state index in [9.17, 15) is 5.11 Å². The van der Waals surface area contributed by atoms with Crippen LogP contribution in [0.5, 0.6) is 0 Å². The summed E-state index contributed by atoms with van der Waals surface area (Å²) in [6.45, 7) is 2.38. The average Bonchev–Trinajstić information content (AvgIpc) is 2.19. The van der Waals surface area contributed by atoms with Crippen molar-refractivity contribution in [1.29, 1.82) is 0 Å². The van der Waals surface area contributed by atoms with Gasteiger partial charge in [0, 0.05) is 6.54 Å². The number of nitrogen functional groups attached to an aromatic ring is 2. The fraction of sp³-hybridized carbons (Fsp3) is 0.444. The van der Waals surface area contributed by atoms with E-state index in [4.69, 9.17) is 11.5 Å². The lowest BCUT2D eigenvalue weighted by atomic mass is 10.3. The molecule has 1 aromatic rings. The molecule has 0 aliphatic carbocycles. The number of anilines is 3. The van der Waals surface area contributed by atoms with Gasteiger partial charge in [0.25, 0.3) is 0 Å². The third kappa shape index (κ3) is 2.77. The van der Waals surface area contributed by atoms with Crippen LogP contribution in [0.1, 0.15) is 13.3 Å². The van der Waals surface area contributed by atoms with Crippen molar-refractivity contribution in [1.82, 2.24) is 4.98 Å². The normalized spacial score (nSPS) is 12.4. The Morgan fingerprint density at radius 1 is 1.50 bits per heavy atom. The Balaban J connectivity index is 2.55. The van der Waals surface area contributed by atoms with Crippen LogP contribution in [0.3, 0.4) is 0 Å². The van der Waals surface area contributed by atoms with Gasteiger partial charge in [-0.25, -0.2) is 4.98 Å². The summed E-state index contributed by atoms with van der Waals surface area (Å²) >= 11 is 0. The molecule has 5 nitrogen and oxygen atoms in total. The largest absolute Gasteiger partial charge is 0.396 e. The van der Waals surface area contributed by atoms with Crippen LogP contribution in [0.4, 0.5) is 17.3 Å². The highest BCUT2D eigenvalue weighted by atomic mass is 16.3. The van der Waals surface area contributed by atoms with E-state index in [0.717, 1.165) is 0 Å². The minimum atomic E-state index is -0.365. The highest BCUT2D eigenvalue weighted by Crippen LogP contribution is 2.14. The molecule has 1 rings (SSSR count). The van der Waals surface area contributed by atoms with Gasteiger partial charge in [0.1, 0.15) is 11.6 Å². The molecular formula is C9H16N4O. The molecular weight excluding hydrogens is 180 g/mol. The smallest absolute Gasteiger partial charge is 0.149 e. The molecule has 6 N–H and O–H groups in total. The average molecular weight is 196 g/mol. The van der Waals surface area contributed by atoms with Gasteiger partial charge in [-0.3, -0.25) is 0 Å². The second kappa shape index (κ2) is 4.66. The third-order valence-electron chi connectivity index (χ3n) is 1.95. The zero-order valence-corrected chi connectivity index (χ0v) is 8.20. The summed E-state index contributed by atoms with van der Waals surface area (Å²) in [6.07, 6.45) is 0.341. The minimum Gasteiger partial charge on any atom is -0.396 e. The van der Waals surface area contributed by atoms with Gasteiger partial charge in [-0.05, 0) is 18.6 Å². The van der Waals surface area contributed by atoms with Gasteiger partial charge in [-0.2, -0.15) is 0 Å². The number of aliphatic hydroxyl groups is 1. The number of aromatic nitrogens is 1. The second-order valence-electron chi connectivity index (χ2n) is 3.11. The Morgan fingerprint density at radius 3 is 2.79 bits per heavy atom. The van der Waals surface area contributed by atoms with Crippen molar-refractivity contribution >= 4 is 17.3 Å². The summed E-state index contributed by atoms with van der Waals surface area (Å²) < 4.78 is 0. The van der Waals surface area contributed by atoms with Crippen LogP contribution < -0.4 is 16.8 Å². The van der Waals surface area contributed by atoms with Crippen LogP contribution in [0.15, 0.2) is 12.1 Å². The molecule has 0 bridgehead atoms. The van der Waals surface area contributed by atoms with E-state index in [-0.39, 0.29) is 6.10 Å². The SMILES string of the molecule is CCC(O)CNc1ccc(N)c(N)n1. The standard InChI is InChI=1S/C9H16N4O/c1-2-6(14)5-12-8-4-3-7(10)9(11)13-8/h3-4,6,14H,2,5,10H2,1H3,(H3,11,12,13). The first-order chi connectivity index (χ1) is 6.63. The summed E-state index contributed by atoms with van der Waals surface area (Å²) in [5, 5.41) is 12.3. The van der Waals surface area contributed by atoms with Crippen molar-refractivity contribution < 1.29 is 5.11 Å². The Morgan fingerprint density at radius 2 is 2.21 bits per heavy atom. The first-order valence-corrected chi connectivity index (χ1v) is 4.57. The first kappa shape index (κ1) is 10.6. The summed E-state index contributed by atoms with van der Waals surface area (Å²) in [7, 11) is 0. The maximum absolute atomic E-state index is 9.30. The van der Waals surface area contributed by atoms with Gasteiger partial charge in [0.2, 0.25) is 0 Å². The van der Waals surface area contributed by atoms with Gasteiger partial charge in [-0.15, -0.1) is 0 Å². The van der Waals surface area contributed by atoms with Crippen molar-refractivity contribution in [3.8, 4) is 0 Å². The molecule has 0 spiro atoms. The summed E-state index contributed by atoms with van der Waals surface area (Å²) in [6, 6.07) is 3.41. The highest BCUT2D eigenvalue weighted by molar-refractivity contribution is 5.61. The van der Waals surface area contributed by atoms with Crippen molar-refractivity contribution in [2.75, 3.05) is 23.3 Å². The molecule has 14 heavy (non-hydrogen) atoms. The lowest BCUT2D eigenvalue weighted by molar-refractivity contribution is 0.183. The van der Waals surface area contributed by atoms with E-state index in [2.05, 4.69) is 10.3 Å². The molecule has 0 amide bonds. The number of rotatable bonds is 4. The molecule has 1 aromatic heterocycles. The predicted molar refractivity (Wildman–Crippen MR) is 57.8 cm³/mol. The van der Waals surface area contributed by atoms with Gasteiger partial charge < -0.3 is 21.9 Å². The van der Waals surface area contributed by atoms with Crippen LogP contribution in [0.2, 0.25) is 0 Å². The van der Waals surface area contributed by atoms with Crippen molar-refractivity contribution in [3.63, 3.8) is 0 Å². The number of hydrogen-bond acceptors (Lipinski definition) is 5. The second-order valence-corrected chi connectivity index (χ2v) is 3.11. The van der Waals surface area contributed by atoms with E-state index < -0.39 is 0 Å². The number of nitrogens with one attached hydrogen (secondary N) is 1. The topological polar surface area (TPSA) is 97.2 Å². The van der Waals surface area contributed by atoms with Crippen LogP contribution >= 0.6 is 0 Å². The first-order valence-electron chi connectivity index (χ1n) is 4.57. The van der Waals surface area contributed by atoms with E-state index in [0.29, 0.717) is 30.3 Å². The molecule has 0 aliphatic heterocycles. The third-order valence-corrected chi connectivity index (χ3v) is 1.95. The summed E-state index contributed by atoms with van der Waals surface area (Å²) in [4.78, 5) is 4.01. The fourth-order valence-electron chi connectivity index (χ4n) is 0.951. The van der Waals surface area contributed by atoms with Gasteiger partial charge in [0.15, 0.2) is 0 Å². The monoisotopic (exact) mass is 196 g/mol. The Bertz CT molecular complexity index is 303. The van der Waals surface area contributed by atoms with Crippen LogP contribution in [0, 0.1) is 0 Å². The molecule has 5 heteroatoms. The molecule has 0 aliphatic rings. The lowest BCUT2D eigenvalue weighted by Crippen LogP contribution is -2.19. The van der Waals surface area contributed by atoms with Crippen LogP contribution in [0.25, 0.3) is 0 Å². The Labute approximate surface area is 83.1 Å². The summed E-state index contributed by atoms with van der Waals surface area (Å²) in [5.74, 6) is 0.935. The molecule has 1 unspecified atom stereocenters. The summed E-state index contributed by atoms with van der Waals surface area (Å²) in [5.41, 5.74) is 11.5. The van der Waals surface area contributed by atoms with E-state index >= 15 is 0 Å². The van der Waals surface area contributed by atoms with E-state index in [1.807, 2.05) is 6.92 Å². The van der Waals surface area contributed by atoms with E-state index in [1.54, 1.807) is 12.1 Å². The number of nitrogens with two attached hydrogens (primary N) is 2. The van der Waals surface area contributed by atoms with Crippen LogP contribution in [-0.4, -0.2) is 22.7 Å². The maximum Gasteiger partial charge on any atom is 0.149 e. The molecule has 1 heterocycles. The quantitative estimate of drug-likeness (QED) is 0.560. The molecule has 1 atom stereocenters. The molecule has 0 fully saturated rings.